The Labute approximate surface area is 184 Å². The number of methoxy groups -OCH3 is 2. The number of guanidine groups is 1. The molecule has 0 saturated carbocycles. The van der Waals surface area contributed by atoms with E-state index in [2.05, 4.69) is 20.9 Å². The predicted molar refractivity (Wildman–Crippen MR) is 125 cm³/mol. The van der Waals surface area contributed by atoms with Gasteiger partial charge in [0.25, 0.3) is 5.91 Å². The molecule has 0 atom stereocenters. The highest BCUT2D eigenvalue weighted by Gasteiger charge is 2.08. The highest BCUT2D eigenvalue weighted by atomic mass is 16.5. The van der Waals surface area contributed by atoms with Crippen LogP contribution in [0.15, 0.2) is 47.5 Å². The number of rotatable bonds is 10. The van der Waals surface area contributed by atoms with Gasteiger partial charge in [-0.15, -0.1) is 0 Å². The van der Waals surface area contributed by atoms with Gasteiger partial charge in [0.15, 0.2) is 17.5 Å². The van der Waals surface area contributed by atoms with Crippen LogP contribution in [-0.4, -0.2) is 64.7 Å². The molecule has 0 spiro atoms. The zero-order chi connectivity index (χ0) is 22.6. The number of hydrogen-bond acceptors (Lipinski definition) is 5. The molecule has 3 N–H and O–H groups in total. The first-order valence-electron chi connectivity index (χ1n) is 10.3. The Morgan fingerprint density at radius 1 is 1.03 bits per heavy atom. The third-order valence-electron chi connectivity index (χ3n) is 4.44. The molecular weight excluding hydrogens is 394 g/mol. The van der Waals surface area contributed by atoms with Crippen molar-refractivity contribution in [1.29, 1.82) is 0 Å². The summed E-state index contributed by atoms with van der Waals surface area (Å²) >= 11 is 0. The zero-order valence-electron chi connectivity index (χ0n) is 19.0. The van der Waals surface area contributed by atoms with Crippen LogP contribution in [0, 0.1) is 0 Å². The Bertz CT molecular complexity index is 883. The summed E-state index contributed by atoms with van der Waals surface area (Å²) in [4.78, 5) is 19.0. The van der Waals surface area contributed by atoms with Gasteiger partial charge in [-0.25, -0.2) is 4.99 Å². The smallest absolute Gasteiger partial charge is 0.251 e. The molecule has 0 heterocycles. The van der Waals surface area contributed by atoms with E-state index in [0.29, 0.717) is 42.7 Å². The molecule has 2 rings (SSSR count). The summed E-state index contributed by atoms with van der Waals surface area (Å²) in [5.74, 6) is 1.85. The third kappa shape index (κ3) is 7.82. The minimum Gasteiger partial charge on any atom is -0.493 e. The number of benzene rings is 2. The number of carbonyl (C=O) groups excluding carboxylic acids is 1. The number of aliphatic imine (C=N–C) groups is 1. The van der Waals surface area contributed by atoms with Gasteiger partial charge in [0.2, 0.25) is 0 Å². The van der Waals surface area contributed by atoms with Crippen LogP contribution in [-0.2, 0) is 6.54 Å². The molecular formula is C23H33N5O3. The number of amides is 1. The molecule has 2 aromatic carbocycles. The second kappa shape index (κ2) is 12.4. The summed E-state index contributed by atoms with van der Waals surface area (Å²) in [6, 6.07) is 13.1. The average Bonchev–Trinajstić information content (AvgIpc) is 2.77. The quantitative estimate of drug-likeness (QED) is 0.399. The van der Waals surface area contributed by atoms with Gasteiger partial charge in [-0.05, 0) is 50.8 Å². The van der Waals surface area contributed by atoms with Crippen molar-refractivity contribution >= 4 is 17.6 Å². The van der Waals surface area contributed by atoms with E-state index in [1.165, 1.54) is 0 Å². The number of hydrogen-bond donors (Lipinski definition) is 3. The number of carbonyl (C=O) groups is 1. The van der Waals surface area contributed by atoms with Crippen molar-refractivity contribution in [2.45, 2.75) is 13.5 Å². The topological polar surface area (TPSA) is 87.2 Å². The lowest BCUT2D eigenvalue weighted by molar-refractivity contribution is 0.0951. The monoisotopic (exact) mass is 427 g/mol. The van der Waals surface area contributed by atoms with Crippen molar-refractivity contribution in [3.63, 3.8) is 0 Å². The lowest BCUT2D eigenvalue weighted by atomic mass is 10.1. The fourth-order valence-electron chi connectivity index (χ4n) is 2.83. The summed E-state index contributed by atoms with van der Waals surface area (Å²) < 4.78 is 10.6. The van der Waals surface area contributed by atoms with Crippen molar-refractivity contribution in [3.05, 3.63) is 53.6 Å². The van der Waals surface area contributed by atoms with Gasteiger partial charge in [-0.3, -0.25) is 4.79 Å². The molecule has 8 nitrogen and oxygen atoms in total. The maximum atomic E-state index is 12.4. The van der Waals surface area contributed by atoms with E-state index in [9.17, 15) is 4.79 Å². The highest BCUT2D eigenvalue weighted by Crippen LogP contribution is 2.29. The molecule has 0 aliphatic heterocycles. The Kier molecular flexibility index (Phi) is 9.64. The number of nitrogens with one attached hydrogen (secondary N) is 3. The van der Waals surface area contributed by atoms with E-state index >= 15 is 0 Å². The number of likely N-dealkylation sites (N-methyl/N-ethyl adjacent to an activating group) is 1. The largest absolute Gasteiger partial charge is 0.493 e. The lowest BCUT2D eigenvalue weighted by Gasteiger charge is -2.14. The molecule has 0 aliphatic carbocycles. The van der Waals surface area contributed by atoms with Crippen molar-refractivity contribution in [3.8, 4) is 11.5 Å². The van der Waals surface area contributed by atoms with Gasteiger partial charge >= 0.3 is 0 Å². The maximum absolute atomic E-state index is 12.4. The van der Waals surface area contributed by atoms with Crippen molar-refractivity contribution < 1.29 is 14.3 Å². The molecule has 0 unspecified atom stereocenters. The van der Waals surface area contributed by atoms with Crippen LogP contribution >= 0.6 is 0 Å². The van der Waals surface area contributed by atoms with Gasteiger partial charge < -0.3 is 30.3 Å². The maximum Gasteiger partial charge on any atom is 0.251 e. The van der Waals surface area contributed by atoms with Gasteiger partial charge in [0.1, 0.15) is 0 Å². The van der Waals surface area contributed by atoms with Crippen LogP contribution in [0.3, 0.4) is 0 Å². The lowest BCUT2D eigenvalue weighted by Crippen LogP contribution is -2.31. The average molecular weight is 428 g/mol. The minimum atomic E-state index is -0.0805. The van der Waals surface area contributed by atoms with E-state index in [0.717, 1.165) is 17.8 Å². The number of ether oxygens (including phenoxy) is 2. The first-order chi connectivity index (χ1) is 15.0. The highest BCUT2D eigenvalue weighted by molar-refractivity contribution is 5.95. The van der Waals surface area contributed by atoms with E-state index in [1.54, 1.807) is 14.2 Å². The van der Waals surface area contributed by atoms with E-state index in [1.807, 2.05) is 68.4 Å². The van der Waals surface area contributed by atoms with E-state index < -0.39 is 0 Å². The van der Waals surface area contributed by atoms with E-state index in [4.69, 9.17) is 9.47 Å². The normalized spacial score (nSPS) is 11.2. The SMILES string of the molecule is CCNC(=NCc1cccc(C(=O)NCCN(C)C)c1)Nc1ccc(OC)c(OC)c1. The fraction of sp³-hybridized carbons (Fsp3) is 0.391. The Hall–Kier alpha value is -3.26. The van der Waals surface area contributed by atoms with Crippen LogP contribution in [0.2, 0.25) is 0 Å². The van der Waals surface area contributed by atoms with Crippen molar-refractivity contribution in [2.24, 2.45) is 4.99 Å². The molecule has 0 aliphatic rings. The molecule has 1 amide bonds. The predicted octanol–water partition coefficient (Wildman–Crippen LogP) is 2.57. The third-order valence-corrected chi connectivity index (χ3v) is 4.44. The van der Waals surface area contributed by atoms with Gasteiger partial charge in [0.05, 0.1) is 20.8 Å². The summed E-state index contributed by atoms with van der Waals surface area (Å²) in [7, 11) is 7.16. The summed E-state index contributed by atoms with van der Waals surface area (Å²) in [5, 5.41) is 9.43. The molecule has 0 aromatic heterocycles. The molecule has 31 heavy (non-hydrogen) atoms. The molecule has 0 fully saturated rings. The van der Waals surface area contributed by atoms with E-state index in [-0.39, 0.29) is 5.91 Å². The molecule has 0 saturated heterocycles. The van der Waals surface area contributed by atoms with Crippen molar-refractivity contribution in [1.82, 2.24) is 15.5 Å². The number of nitrogens with zero attached hydrogens (tertiary/aromatic N) is 2. The Morgan fingerprint density at radius 2 is 1.81 bits per heavy atom. The zero-order valence-corrected chi connectivity index (χ0v) is 19.0. The summed E-state index contributed by atoms with van der Waals surface area (Å²) in [6.07, 6.45) is 0. The van der Waals surface area contributed by atoms with Crippen LogP contribution in [0.4, 0.5) is 5.69 Å². The first kappa shape index (κ1) is 24.0. The molecule has 0 radical (unpaired) electrons. The second-order valence-electron chi connectivity index (χ2n) is 7.15. The van der Waals surface area contributed by atoms with Gasteiger partial charge in [-0.2, -0.15) is 0 Å². The summed E-state index contributed by atoms with van der Waals surface area (Å²) in [6.45, 7) is 4.55. The van der Waals surface area contributed by atoms with Crippen LogP contribution in [0.1, 0.15) is 22.8 Å². The van der Waals surface area contributed by atoms with Crippen molar-refractivity contribution in [2.75, 3.05) is 53.3 Å². The first-order valence-corrected chi connectivity index (χ1v) is 10.3. The van der Waals surface area contributed by atoms with Gasteiger partial charge in [0, 0.05) is 37.0 Å². The second-order valence-corrected chi connectivity index (χ2v) is 7.15. The Balaban J connectivity index is 2.07. The molecule has 2 aromatic rings. The van der Waals surface area contributed by atoms with Crippen LogP contribution in [0.5, 0.6) is 11.5 Å². The Morgan fingerprint density at radius 3 is 2.48 bits per heavy atom. The molecule has 168 valence electrons. The van der Waals surface area contributed by atoms with Gasteiger partial charge in [-0.1, -0.05) is 12.1 Å². The fourth-order valence-corrected chi connectivity index (χ4v) is 2.83. The minimum absolute atomic E-state index is 0.0805. The summed E-state index contributed by atoms with van der Waals surface area (Å²) in [5.41, 5.74) is 2.40. The molecule has 8 heteroatoms. The number of anilines is 1. The standard InChI is InChI=1S/C23H33N5O3/c1-6-24-23(27-19-10-11-20(30-4)21(15-19)31-5)26-16-17-8-7-9-18(14-17)22(29)25-12-13-28(2)3/h7-11,14-15H,6,12-13,16H2,1-5H3,(H,25,29)(H2,24,26,27). The molecule has 0 bridgehead atoms. The van der Waals surface area contributed by atoms with Crippen LogP contribution in [0.25, 0.3) is 0 Å². The van der Waals surface area contributed by atoms with Crippen LogP contribution < -0.4 is 25.4 Å².